The number of aliphatic hydroxyl groups is 1. The van der Waals surface area contributed by atoms with E-state index in [1.165, 1.54) is 29.6 Å². The number of anilines is 2. The van der Waals surface area contributed by atoms with Gasteiger partial charge in [0.15, 0.2) is 17.4 Å². The van der Waals surface area contributed by atoms with E-state index in [0.29, 0.717) is 47.2 Å². The van der Waals surface area contributed by atoms with E-state index in [0.717, 1.165) is 18.9 Å². The molecular weight excluding hydrogens is 757 g/mol. The average molecular weight is 794 g/mol. The lowest BCUT2D eigenvalue weighted by molar-refractivity contribution is -0.112. The molecule has 1 aliphatic carbocycles. The number of carboxylic acids is 1. The van der Waals surface area contributed by atoms with Gasteiger partial charge in [-0.2, -0.15) is 4.98 Å². The van der Waals surface area contributed by atoms with Crippen molar-refractivity contribution >= 4 is 69.0 Å². The zero-order chi connectivity index (χ0) is 38.7. The molecule has 3 fully saturated rings. The second-order valence-electron chi connectivity index (χ2n) is 14.0. The highest BCUT2D eigenvalue weighted by Crippen LogP contribution is 2.44. The van der Waals surface area contributed by atoms with E-state index in [9.17, 15) is 29.4 Å². The molecule has 4 aromatic rings. The number of methoxy groups -OCH3 is 1. The fourth-order valence-electron chi connectivity index (χ4n) is 7.50. The number of aliphatic hydroxyl groups excluding tert-OH is 1. The minimum absolute atomic E-state index is 0.0259. The normalized spacial score (nSPS) is 22.2. The molecule has 1 saturated carbocycles. The summed E-state index contributed by atoms with van der Waals surface area (Å²) in [5.74, 6) is -1.61. The zero-order valence-electron chi connectivity index (χ0n) is 29.9. The molecule has 3 atom stereocenters. The van der Waals surface area contributed by atoms with Crippen LogP contribution in [0.25, 0.3) is 10.9 Å². The second-order valence-corrected chi connectivity index (χ2v) is 15.6. The number of fused-ring (bicyclic) bond motifs is 2. The van der Waals surface area contributed by atoms with Crippen LogP contribution in [0.15, 0.2) is 57.3 Å². The number of aromatic carboxylic acids is 1. The Labute approximate surface area is 322 Å². The lowest BCUT2D eigenvalue weighted by atomic mass is 10.1. The second kappa shape index (κ2) is 14.7. The largest absolute Gasteiger partial charge is 0.492 e. The predicted molar refractivity (Wildman–Crippen MR) is 205 cm³/mol. The topological polar surface area (TPSA) is 172 Å². The van der Waals surface area contributed by atoms with Crippen LogP contribution in [0.4, 0.5) is 21.6 Å². The summed E-state index contributed by atoms with van der Waals surface area (Å²) in [5.41, 5.74) is -0.346. The summed E-state index contributed by atoms with van der Waals surface area (Å²) in [4.78, 5) is 66.2. The number of aliphatic imine (C=N–C) groups is 1. The van der Waals surface area contributed by atoms with E-state index in [1.54, 1.807) is 39.9 Å². The van der Waals surface area contributed by atoms with Gasteiger partial charge in [-0.1, -0.05) is 11.6 Å². The Bertz CT molecular complexity index is 2390. The van der Waals surface area contributed by atoms with Crippen molar-refractivity contribution < 1.29 is 33.7 Å². The number of thioether (sulfide) groups is 1. The molecular formula is C37H37ClFN7O8S. The Hall–Kier alpha value is -4.81. The van der Waals surface area contributed by atoms with Crippen molar-refractivity contribution in [2.24, 2.45) is 4.99 Å². The number of carbonyl (C=O) groups is 2. The quantitative estimate of drug-likeness (QED) is 0.240. The van der Waals surface area contributed by atoms with Crippen LogP contribution in [0.3, 0.4) is 0 Å². The number of aromatic nitrogens is 3. The third kappa shape index (κ3) is 6.88. The Morgan fingerprint density at radius 3 is 2.65 bits per heavy atom. The summed E-state index contributed by atoms with van der Waals surface area (Å²) < 4.78 is 30.7. The van der Waals surface area contributed by atoms with Crippen LogP contribution in [0.1, 0.15) is 41.7 Å². The maximum Gasteiger partial charge on any atom is 0.349 e. The highest BCUT2D eigenvalue weighted by atomic mass is 35.5. The first-order chi connectivity index (χ1) is 26.4. The number of piperazine rings is 1. The summed E-state index contributed by atoms with van der Waals surface area (Å²) in [5, 5.41) is 19.4. The lowest BCUT2D eigenvalue weighted by Gasteiger charge is -2.42. The number of amides is 1. The van der Waals surface area contributed by atoms with E-state index < -0.39 is 34.4 Å². The highest BCUT2D eigenvalue weighted by molar-refractivity contribution is 8.00. The van der Waals surface area contributed by atoms with Crippen molar-refractivity contribution in [2.45, 2.75) is 49.9 Å². The van der Waals surface area contributed by atoms with Crippen LogP contribution in [0, 0.1) is 5.82 Å². The van der Waals surface area contributed by atoms with Crippen molar-refractivity contribution in [3.05, 3.63) is 85.4 Å². The first-order valence-corrected chi connectivity index (χ1v) is 19.2. The number of nitrogens with zero attached hydrogens (tertiary/aromatic N) is 7. The van der Waals surface area contributed by atoms with Gasteiger partial charge < -0.3 is 29.2 Å². The summed E-state index contributed by atoms with van der Waals surface area (Å²) >= 11 is 7.85. The molecule has 2 aromatic carbocycles. The van der Waals surface area contributed by atoms with E-state index >= 15 is 4.39 Å². The highest BCUT2D eigenvalue weighted by Gasteiger charge is 2.38. The molecule has 3 aliphatic heterocycles. The fraction of sp³-hybridized carbons (Fsp3) is 0.405. The molecule has 1 amide bonds. The molecule has 8 rings (SSSR count). The lowest BCUT2D eigenvalue weighted by Crippen LogP contribution is -2.55. The minimum atomic E-state index is -1.37. The van der Waals surface area contributed by atoms with Crippen molar-refractivity contribution in [3.63, 3.8) is 0 Å². The van der Waals surface area contributed by atoms with Gasteiger partial charge in [0.05, 0.1) is 49.6 Å². The Kier molecular flexibility index (Phi) is 9.92. The zero-order valence-corrected chi connectivity index (χ0v) is 31.4. The third-order valence-electron chi connectivity index (χ3n) is 10.4. The van der Waals surface area contributed by atoms with Gasteiger partial charge in [-0.3, -0.25) is 24.0 Å². The van der Waals surface area contributed by atoms with E-state index in [1.807, 2.05) is 11.8 Å². The van der Waals surface area contributed by atoms with Crippen molar-refractivity contribution in [3.8, 4) is 5.75 Å². The summed E-state index contributed by atoms with van der Waals surface area (Å²) in [6.45, 7) is 3.43. The van der Waals surface area contributed by atoms with Crippen LogP contribution < -0.4 is 25.7 Å². The van der Waals surface area contributed by atoms with E-state index in [2.05, 4.69) is 14.9 Å². The molecule has 15 nitrogen and oxygen atoms in total. The van der Waals surface area contributed by atoms with Crippen LogP contribution in [0.5, 0.6) is 5.75 Å². The molecule has 2 saturated heterocycles. The first kappa shape index (κ1) is 37.1. The predicted octanol–water partition coefficient (Wildman–Crippen LogP) is 3.48. The van der Waals surface area contributed by atoms with Crippen LogP contribution in [0.2, 0.25) is 5.02 Å². The molecule has 2 N–H and O–H groups in total. The standard InChI is InChI=1S/C37H37ClFN7O8S/c1-19-13-42(32-26(39)12-24-31(34(32)53-2)45(21-4-5-21)15-25(33(24)48)36(50)51)9-10-44(19)18-46-27-6-3-20(38)11-23(27)30(35(46)49)40-28-7-8-43(37(52)41-28)14-22-17-55-29(16-47)54-22/h3,6-8,11-12,15,19,21-22,29,47H,4-5,9-10,13-14,16-18H2,1-2H3,(H,50,51). The Morgan fingerprint density at radius 2 is 1.98 bits per heavy atom. The summed E-state index contributed by atoms with van der Waals surface area (Å²) in [6.07, 6.45) is 4.22. The number of ether oxygens (including phenoxy) is 2. The van der Waals surface area contributed by atoms with Gasteiger partial charge in [-0.15, -0.1) is 11.8 Å². The number of halogens is 2. The van der Waals surface area contributed by atoms with Gasteiger partial charge in [0.1, 0.15) is 22.4 Å². The van der Waals surface area contributed by atoms with Crippen molar-refractivity contribution in [1.29, 1.82) is 0 Å². The van der Waals surface area contributed by atoms with Crippen LogP contribution in [-0.2, 0) is 16.1 Å². The van der Waals surface area contributed by atoms with Crippen LogP contribution >= 0.6 is 23.4 Å². The molecule has 0 spiro atoms. The summed E-state index contributed by atoms with van der Waals surface area (Å²) in [7, 11) is 1.41. The number of carbonyl (C=O) groups excluding carboxylic acids is 1. The van der Waals surface area contributed by atoms with E-state index in [-0.39, 0.29) is 71.8 Å². The minimum Gasteiger partial charge on any atom is -0.492 e. The number of hydrogen-bond acceptors (Lipinski definition) is 12. The maximum atomic E-state index is 16.1. The van der Waals surface area contributed by atoms with Gasteiger partial charge >= 0.3 is 11.7 Å². The number of pyridine rings is 1. The maximum absolute atomic E-state index is 16.1. The molecule has 288 valence electrons. The number of rotatable bonds is 10. The molecule has 4 aliphatic rings. The van der Waals surface area contributed by atoms with Crippen molar-refractivity contribution in [1.82, 2.24) is 19.0 Å². The van der Waals surface area contributed by atoms with Gasteiger partial charge in [0.25, 0.3) is 5.91 Å². The Balaban J connectivity index is 1.03. The third-order valence-corrected chi connectivity index (χ3v) is 11.8. The SMILES string of the molecule is COc1c(N2CCN(CN3C(=O)C(=Nc4ccn(CC5CSC(CO)O5)c(=O)n4)c4cc(Cl)ccc43)C(C)C2)c(F)cc2c(=O)c(C(=O)O)cn(C3CC3)c12. The first-order valence-electron chi connectivity index (χ1n) is 17.8. The van der Waals surface area contributed by atoms with Gasteiger partial charge in [-0.05, 0) is 50.1 Å². The Morgan fingerprint density at radius 1 is 1.18 bits per heavy atom. The molecule has 0 bridgehead atoms. The molecule has 3 unspecified atom stereocenters. The van der Waals surface area contributed by atoms with Gasteiger partial charge in [-0.25, -0.2) is 19.0 Å². The number of carboxylic acid groups (broad SMARTS) is 1. The molecule has 18 heteroatoms. The molecule has 0 radical (unpaired) electrons. The number of hydrogen-bond donors (Lipinski definition) is 2. The fourth-order valence-corrected chi connectivity index (χ4v) is 8.63. The van der Waals surface area contributed by atoms with Gasteiger partial charge in [0.2, 0.25) is 5.43 Å². The smallest absolute Gasteiger partial charge is 0.349 e. The van der Waals surface area contributed by atoms with Gasteiger partial charge in [0, 0.05) is 60.5 Å². The number of benzene rings is 2. The van der Waals surface area contributed by atoms with Crippen LogP contribution in [-0.4, -0.2) is 110 Å². The molecule has 2 aromatic heterocycles. The monoisotopic (exact) mass is 793 g/mol. The average Bonchev–Trinajstić information content (AvgIpc) is 3.85. The van der Waals surface area contributed by atoms with E-state index in [4.69, 9.17) is 21.1 Å². The molecule has 5 heterocycles. The molecule has 55 heavy (non-hydrogen) atoms. The van der Waals surface area contributed by atoms with Crippen molar-refractivity contribution in [2.75, 3.05) is 55.6 Å². The summed E-state index contributed by atoms with van der Waals surface area (Å²) in [6, 6.07) is 7.52.